The first-order valence-electron chi connectivity index (χ1n) is 17.9. The zero-order valence-corrected chi connectivity index (χ0v) is 29.0. The molecule has 0 radical (unpaired) electrons. The monoisotopic (exact) mass is 703 g/mol. The maximum absolute atomic E-state index is 16.1. The van der Waals surface area contributed by atoms with E-state index in [1.54, 1.807) is 17.6 Å². The van der Waals surface area contributed by atoms with Gasteiger partial charge in [-0.05, 0) is 70.5 Å². The Kier molecular flexibility index (Phi) is 11.0. The summed E-state index contributed by atoms with van der Waals surface area (Å²) in [4.78, 5) is 24.9. The molecule has 2 aromatic heterocycles. The van der Waals surface area contributed by atoms with Gasteiger partial charge in [0.15, 0.2) is 0 Å². The number of rotatable bonds is 1. The van der Waals surface area contributed by atoms with Crippen molar-refractivity contribution in [3.05, 3.63) is 63.5 Å². The van der Waals surface area contributed by atoms with Gasteiger partial charge in [-0.15, -0.1) is 0 Å². The number of pyridine rings is 1. The van der Waals surface area contributed by atoms with E-state index in [0.717, 1.165) is 38.5 Å². The van der Waals surface area contributed by atoms with E-state index < -0.39 is 45.2 Å². The summed E-state index contributed by atoms with van der Waals surface area (Å²) < 4.78 is 74.1. The first-order valence-corrected chi connectivity index (χ1v) is 19.7. The molecule has 0 amide bonds. The smallest absolute Gasteiger partial charge is 0.278 e. The van der Waals surface area contributed by atoms with Crippen LogP contribution in [-0.4, -0.2) is 70.2 Å². The summed E-state index contributed by atoms with van der Waals surface area (Å²) in [7, 11) is -3.15. The molecular formula is C36H48F3N5O4S. The molecule has 268 valence electrons. The minimum Gasteiger partial charge on any atom is -0.392 e. The highest BCUT2D eigenvalue weighted by Crippen LogP contribution is 2.44. The molecule has 2 atom stereocenters. The van der Waals surface area contributed by atoms with E-state index in [1.165, 1.54) is 24.5 Å². The van der Waals surface area contributed by atoms with Gasteiger partial charge in [-0.2, -0.15) is 0 Å². The van der Waals surface area contributed by atoms with Crippen LogP contribution >= 0.6 is 0 Å². The molecule has 4 aliphatic rings. The van der Waals surface area contributed by atoms with Crippen molar-refractivity contribution < 1.29 is 26.7 Å². The lowest BCUT2D eigenvalue weighted by atomic mass is 9.85. The Morgan fingerprint density at radius 2 is 1.61 bits per heavy atom. The Morgan fingerprint density at radius 3 is 2.35 bits per heavy atom. The summed E-state index contributed by atoms with van der Waals surface area (Å²) >= 11 is 0. The number of nitrogens with zero attached hydrogens (tertiary/aromatic N) is 4. The molecule has 2 saturated heterocycles. The van der Waals surface area contributed by atoms with Crippen LogP contribution in [0, 0.1) is 11.7 Å². The van der Waals surface area contributed by atoms with E-state index in [0.29, 0.717) is 67.9 Å². The number of nitrogens with one attached hydrogen (secondary N) is 1. The highest BCUT2D eigenvalue weighted by Gasteiger charge is 2.45. The molecule has 9 nitrogen and oxygen atoms in total. The Hall–Kier alpha value is -3.03. The van der Waals surface area contributed by atoms with Crippen LogP contribution in [0.5, 0.6) is 0 Å². The van der Waals surface area contributed by atoms with Crippen molar-refractivity contribution in [3.8, 4) is 0 Å². The molecule has 6 heterocycles. The summed E-state index contributed by atoms with van der Waals surface area (Å²) in [6.07, 6.45) is 8.06. The average Bonchev–Trinajstić information content (AvgIpc) is 3.06. The molecule has 49 heavy (non-hydrogen) atoms. The molecular weight excluding hydrogens is 655 g/mol. The normalized spacial score (nSPS) is 27.4. The third kappa shape index (κ3) is 7.99. The number of hydrogen-bond acceptors (Lipinski definition) is 8. The van der Waals surface area contributed by atoms with E-state index in [1.807, 2.05) is 4.90 Å². The minimum atomic E-state index is -3.38. The predicted molar refractivity (Wildman–Crippen MR) is 184 cm³/mol. The standard InChI is InChI=1S/C36H48F3N5O4S/c1-24-28-10-8-11-31(32(28)37)36(38,39)26-12-17-43(18-13-26)22-27(45)9-6-4-2-3-5-7-16-44-34-30(33(42-24)40-23-41-34)21-29(35(44)46)25-14-19-49(47,48)20-15-25/h8,10-11,21,23-27,45H,2-7,9,12-20,22H2,1H3,(H,40,41,42)/t24-,27?/m1/s1. The second-order valence-electron chi connectivity index (χ2n) is 14.3. The maximum atomic E-state index is 16.1. The number of sulfone groups is 1. The minimum absolute atomic E-state index is 0.0129. The molecule has 2 fully saturated rings. The van der Waals surface area contributed by atoms with E-state index in [9.17, 15) is 18.3 Å². The molecule has 7 rings (SSSR count). The molecule has 8 bridgehead atoms. The topological polar surface area (TPSA) is 117 Å². The van der Waals surface area contributed by atoms with Gasteiger partial charge in [0.25, 0.3) is 11.5 Å². The lowest BCUT2D eigenvalue weighted by Gasteiger charge is -2.37. The van der Waals surface area contributed by atoms with Crippen LogP contribution in [0.4, 0.5) is 19.0 Å². The van der Waals surface area contributed by atoms with Crippen LogP contribution in [0.25, 0.3) is 11.0 Å². The third-order valence-electron chi connectivity index (χ3n) is 10.9. The van der Waals surface area contributed by atoms with Crippen molar-refractivity contribution in [3.63, 3.8) is 0 Å². The lowest BCUT2D eigenvalue weighted by Crippen LogP contribution is -2.42. The summed E-state index contributed by atoms with van der Waals surface area (Å²) in [5, 5.41) is 14.4. The van der Waals surface area contributed by atoms with Gasteiger partial charge >= 0.3 is 0 Å². The molecule has 2 N–H and O–H groups in total. The van der Waals surface area contributed by atoms with Crippen LogP contribution in [0.2, 0.25) is 0 Å². The van der Waals surface area contributed by atoms with Crippen LogP contribution in [0.3, 0.4) is 0 Å². The third-order valence-corrected chi connectivity index (χ3v) is 12.6. The van der Waals surface area contributed by atoms with E-state index in [2.05, 4.69) is 15.3 Å². The molecule has 3 aromatic rings. The van der Waals surface area contributed by atoms with Crippen LogP contribution in [-0.2, 0) is 22.3 Å². The Balaban J connectivity index is 1.37. The molecule has 4 aliphatic heterocycles. The number of alkyl halides is 2. The van der Waals surface area contributed by atoms with E-state index in [-0.39, 0.29) is 41.4 Å². The zero-order valence-electron chi connectivity index (χ0n) is 28.2. The number of aryl methyl sites for hydroxylation is 1. The Bertz CT molecular complexity index is 1780. The Labute approximate surface area is 286 Å². The van der Waals surface area contributed by atoms with Crippen LogP contribution in [0.15, 0.2) is 35.4 Å². The van der Waals surface area contributed by atoms with Crippen molar-refractivity contribution in [1.29, 1.82) is 0 Å². The molecule has 13 heteroatoms. The van der Waals surface area contributed by atoms with Crippen molar-refractivity contribution in [1.82, 2.24) is 19.4 Å². The number of aliphatic hydroxyl groups excluding tert-OH is 1. The summed E-state index contributed by atoms with van der Waals surface area (Å²) in [5.74, 6) is -5.23. The van der Waals surface area contributed by atoms with Crippen LogP contribution < -0.4 is 10.9 Å². The van der Waals surface area contributed by atoms with Gasteiger partial charge < -0.3 is 15.3 Å². The van der Waals surface area contributed by atoms with Gasteiger partial charge in [-0.25, -0.2) is 31.6 Å². The number of fused-ring (bicyclic) bond motifs is 12. The highest BCUT2D eigenvalue weighted by molar-refractivity contribution is 7.91. The van der Waals surface area contributed by atoms with E-state index >= 15 is 13.2 Å². The van der Waals surface area contributed by atoms with Crippen LogP contribution in [0.1, 0.15) is 106 Å². The lowest BCUT2D eigenvalue weighted by molar-refractivity contribution is -0.0899. The molecule has 0 aliphatic carbocycles. The summed E-state index contributed by atoms with van der Waals surface area (Å²) in [5.41, 5.74) is 0.174. The number of hydrogen-bond donors (Lipinski definition) is 2. The zero-order chi connectivity index (χ0) is 34.8. The number of halogens is 3. The van der Waals surface area contributed by atoms with E-state index in [4.69, 9.17) is 0 Å². The number of piperidine rings is 1. The molecule has 0 spiro atoms. The first kappa shape index (κ1) is 35.8. The number of anilines is 1. The average molecular weight is 704 g/mol. The maximum Gasteiger partial charge on any atom is 0.278 e. The molecule has 1 aromatic carbocycles. The largest absolute Gasteiger partial charge is 0.392 e. The fourth-order valence-corrected chi connectivity index (χ4v) is 9.38. The van der Waals surface area contributed by atoms with Gasteiger partial charge in [0.2, 0.25) is 0 Å². The molecule has 0 saturated carbocycles. The SMILES string of the molecule is C[C@H]1Nc2ncnc3c2cc(C2CCS(=O)(=O)CC2)c(=O)n3CCCCCCCCC(O)CN2CCC(CC2)C(F)(F)c2cccc1c2F. The quantitative estimate of drug-likeness (QED) is 0.303. The highest BCUT2D eigenvalue weighted by atomic mass is 32.2. The van der Waals surface area contributed by atoms with Crippen molar-refractivity contribution in [2.45, 2.75) is 108 Å². The fourth-order valence-electron chi connectivity index (χ4n) is 7.89. The number of aromatic nitrogens is 3. The van der Waals surface area contributed by atoms with Crippen molar-refractivity contribution >= 4 is 26.7 Å². The van der Waals surface area contributed by atoms with Gasteiger partial charge in [0.05, 0.1) is 34.6 Å². The van der Waals surface area contributed by atoms with Crippen molar-refractivity contribution in [2.24, 2.45) is 5.92 Å². The van der Waals surface area contributed by atoms with Crippen molar-refractivity contribution in [2.75, 3.05) is 36.5 Å². The van der Waals surface area contributed by atoms with Gasteiger partial charge in [-0.1, -0.05) is 50.3 Å². The second-order valence-corrected chi connectivity index (χ2v) is 16.6. The predicted octanol–water partition coefficient (Wildman–Crippen LogP) is 6.30. The molecule has 1 unspecified atom stereocenters. The van der Waals surface area contributed by atoms with Gasteiger partial charge in [0, 0.05) is 30.1 Å². The summed E-state index contributed by atoms with van der Waals surface area (Å²) in [6.45, 7) is 3.42. The summed E-state index contributed by atoms with van der Waals surface area (Å²) in [6, 6.07) is 5.10. The van der Waals surface area contributed by atoms with Gasteiger partial charge in [-0.3, -0.25) is 9.36 Å². The first-order chi connectivity index (χ1) is 23.4. The number of aliphatic hydroxyl groups is 1. The fraction of sp³-hybridized carbons (Fsp3) is 0.639. The Morgan fingerprint density at radius 1 is 0.918 bits per heavy atom. The number of benzene rings is 1. The van der Waals surface area contributed by atoms with Gasteiger partial charge in [0.1, 0.15) is 33.4 Å². The second kappa shape index (κ2) is 15.1.